The Hall–Kier alpha value is -4.99. The van der Waals surface area contributed by atoms with E-state index >= 15 is 0 Å². The van der Waals surface area contributed by atoms with Gasteiger partial charge in [0.05, 0.1) is 18.4 Å². The maximum atomic E-state index is 12.7. The number of benzene rings is 4. The molecule has 7 nitrogen and oxygen atoms in total. The van der Waals surface area contributed by atoms with Crippen molar-refractivity contribution >= 4 is 5.95 Å². The van der Waals surface area contributed by atoms with Crippen molar-refractivity contribution in [1.29, 1.82) is 0 Å². The number of nitrogens with one attached hydrogen (secondary N) is 1. The first-order valence-corrected chi connectivity index (χ1v) is 12.3. The molecule has 10 heteroatoms. The molecule has 0 bridgehead atoms. The van der Waals surface area contributed by atoms with E-state index in [2.05, 4.69) is 10.1 Å². The molecule has 4 aromatic carbocycles. The number of hydrogen-bond donors (Lipinski definition) is 1. The average molecular weight is 547 g/mol. The topological polar surface area (TPSA) is 70.4 Å². The first-order chi connectivity index (χ1) is 19.4. The van der Waals surface area contributed by atoms with E-state index in [4.69, 9.17) is 19.6 Å². The van der Waals surface area contributed by atoms with Gasteiger partial charge in [-0.3, -0.25) is 0 Å². The lowest BCUT2D eigenvalue weighted by Gasteiger charge is -2.11. The number of anilines is 1. The molecule has 0 atom stereocenters. The Morgan fingerprint density at radius 1 is 0.775 bits per heavy atom. The van der Waals surface area contributed by atoms with Crippen molar-refractivity contribution in [2.75, 3.05) is 12.4 Å². The maximum Gasteiger partial charge on any atom is 0.573 e. The number of para-hydroxylation sites is 1. The second-order valence-corrected chi connectivity index (χ2v) is 8.68. The Bertz CT molecular complexity index is 1540. The van der Waals surface area contributed by atoms with Gasteiger partial charge in [-0.15, -0.1) is 18.3 Å². The zero-order chi connectivity index (χ0) is 28.0. The summed E-state index contributed by atoms with van der Waals surface area (Å²) in [5, 5.41) is 7.97. The number of alkyl halides is 3. The molecule has 204 valence electrons. The average Bonchev–Trinajstić information content (AvgIpc) is 3.39. The van der Waals surface area contributed by atoms with Crippen LogP contribution in [0.4, 0.5) is 19.1 Å². The van der Waals surface area contributed by atoms with Crippen LogP contribution in [0.1, 0.15) is 11.1 Å². The Kier molecular flexibility index (Phi) is 7.86. The number of aromatic nitrogens is 3. The van der Waals surface area contributed by atoms with Crippen molar-refractivity contribution in [3.8, 4) is 34.3 Å². The van der Waals surface area contributed by atoms with E-state index < -0.39 is 6.36 Å². The summed E-state index contributed by atoms with van der Waals surface area (Å²) in [5.74, 6) is 1.79. The van der Waals surface area contributed by atoms with Crippen LogP contribution in [-0.2, 0) is 13.2 Å². The highest BCUT2D eigenvalue weighted by Crippen LogP contribution is 2.31. The first kappa shape index (κ1) is 26.6. The van der Waals surface area contributed by atoms with Crippen molar-refractivity contribution in [3.05, 3.63) is 114 Å². The zero-order valence-electron chi connectivity index (χ0n) is 21.4. The normalized spacial score (nSPS) is 11.2. The fourth-order valence-electron chi connectivity index (χ4n) is 3.95. The minimum Gasteiger partial charge on any atom is -0.497 e. The lowest BCUT2D eigenvalue weighted by atomic mass is 10.2. The second-order valence-electron chi connectivity index (χ2n) is 8.68. The van der Waals surface area contributed by atoms with Gasteiger partial charge < -0.3 is 19.5 Å². The van der Waals surface area contributed by atoms with E-state index in [9.17, 15) is 13.2 Å². The van der Waals surface area contributed by atoms with Crippen molar-refractivity contribution in [1.82, 2.24) is 14.8 Å². The van der Waals surface area contributed by atoms with E-state index in [1.54, 1.807) is 7.11 Å². The third-order valence-electron chi connectivity index (χ3n) is 5.90. The van der Waals surface area contributed by atoms with Gasteiger partial charge in [-0.25, -0.2) is 0 Å². The molecule has 1 heterocycles. The Morgan fingerprint density at radius 2 is 1.45 bits per heavy atom. The van der Waals surface area contributed by atoms with Crippen molar-refractivity contribution in [2.24, 2.45) is 0 Å². The summed E-state index contributed by atoms with van der Waals surface area (Å²) in [5.41, 5.74) is 3.14. The predicted molar refractivity (Wildman–Crippen MR) is 145 cm³/mol. The summed E-state index contributed by atoms with van der Waals surface area (Å²) in [7, 11) is 1.60. The van der Waals surface area contributed by atoms with Crippen LogP contribution in [0.25, 0.3) is 17.1 Å². The third-order valence-corrected chi connectivity index (χ3v) is 5.90. The Labute approximate surface area is 228 Å². The summed E-state index contributed by atoms with van der Waals surface area (Å²) in [4.78, 5) is 4.73. The molecule has 0 amide bonds. The van der Waals surface area contributed by atoms with E-state index in [0.717, 1.165) is 16.9 Å². The largest absolute Gasteiger partial charge is 0.573 e. The van der Waals surface area contributed by atoms with Crippen LogP contribution in [0.15, 0.2) is 103 Å². The summed E-state index contributed by atoms with van der Waals surface area (Å²) in [6.07, 6.45) is -4.78. The van der Waals surface area contributed by atoms with Gasteiger partial charge >= 0.3 is 6.36 Å². The highest BCUT2D eigenvalue weighted by molar-refractivity contribution is 5.65. The molecule has 0 aliphatic carbocycles. The van der Waals surface area contributed by atoms with E-state index in [0.29, 0.717) is 41.9 Å². The molecule has 0 aliphatic heterocycles. The number of hydrogen-bond acceptors (Lipinski definition) is 6. The smallest absolute Gasteiger partial charge is 0.497 e. The molecule has 5 rings (SSSR count). The molecule has 0 spiro atoms. The highest BCUT2D eigenvalue weighted by atomic mass is 19.4. The molecular weight excluding hydrogens is 521 g/mol. The number of halogens is 3. The first-order valence-electron chi connectivity index (χ1n) is 12.3. The van der Waals surface area contributed by atoms with Gasteiger partial charge in [-0.05, 0) is 59.7 Å². The van der Waals surface area contributed by atoms with Crippen LogP contribution >= 0.6 is 0 Å². The minimum atomic E-state index is -4.78. The van der Waals surface area contributed by atoms with Gasteiger partial charge in [0.25, 0.3) is 0 Å². The zero-order valence-corrected chi connectivity index (χ0v) is 21.4. The van der Waals surface area contributed by atoms with Gasteiger partial charge in [0.2, 0.25) is 5.95 Å². The summed E-state index contributed by atoms with van der Waals surface area (Å²) >= 11 is 0. The molecule has 5 aromatic rings. The predicted octanol–water partition coefficient (Wildman–Crippen LogP) is 7.03. The molecule has 0 aliphatic rings. The van der Waals surface area contributed by atoms with Gasteiger partial charge in [-0.2, -0.15) is 9.67 Å². The van der Waals surface area contributed by atoms with Gasteiger partial charge in [0.1, 0.15) is 23.9 Å². The lowest BCUT2D eigenvalue weighted by Crippen LogP contribution is -2.17. The molecule has 0 saturated heterocycles. The maximum absolute atomic E-state index is 12.7. The third kappa shape index (κ3) is 6.71. The summed E-state index contributed by atoms with van der Waals surface area (Å²) < 4.78 is 54.8. The van der Waals surface area contributed by atoms with Crippen molar-refractivity contribution in [2.45, 2.75) is 19.5 Å². The molecule has 0 fully saturated rings. The summed E-state index contributed by atoms with van der Waals surface area (Å²) in [6, 6.07) is 30.2. The van der Waals surface area contributed by atoms with Crippen LogP contribution in [0.5, 0.6) is 17.2 Å². The fourth-order valence-corrected chi connectivity index (χ4v) is 3.95. The monoisotopic (exact) mass is 546 g/mol. The lowest BCUT2D eigenvalue weighted by molar-refractivity contribution is -0.274. The number of nitrogens with zero attached hydrogens (tertiary/aromatic N) is 3. The number of ether oxygens (including phenoxy) is 3. The highest BCUT2D eigenvalue weighted by Gasteiger charge is 2.31. The van der Waals surface area contributed by atoms with Gasteiger partial charge in [-0.1, -0.05) is 54.6 Å². The van der Waals surface area contributed by atoms with Crippen LogP contribution in [0.3, 0.4) is 0 Å². The van der Waals surface area contributed by atoms with Crippen LogP contribution < -0.4 is 19.5 Å². The van der Waals surface area contributed by atoms with E-state index in [-0.39, 0.29) is 5.75 Å². The molecule has 0 unspecified atom stereocenters. The van der Waals surface area contributed by atoms with Gasteiger partial charge in [0, 0.05) is 6.54 Å². The quantitative estimate of drug-likeness (QED) is 0.203. The van der Waals surface area contributed by atoms with Crippen LogP contribution in [-0.4, -0.2) is 28.2 Å². The van der Waals surface area contributed by atoms with Crippen LogP contribution in [0, 0.1) is 0 Å². The molecule has 1 aromatic heterocycles. The fraction of sp³-hybridized carbons (Fsp3) is 0.133. The standard InChI is InChI=1S/C30H25F3N4O3/c1-38-24-15-11-21(12-16-24)19-34-29-35-28(36-37(29)23-13-17-25(18-14-23)40-30(31,32)33)26-9-5-6-10-27(26)39-20-22-7-3-2-4-8-22/h2-18H,19-20H2,1H3,(H,34,35,36). The summed E-state index contributed by atoms with van der Waals surface area (Å²) in [6.45, 7) is 0.783. The molecule has 1 N–H and O–H groups in total. The van der Waals surface area contributed by atoms with Gasteiger partial charge in [0.15, 0.2) is 5.82 Å². The van der Waals surface area contributed by atoms with Crippen molar-refractivity contribution < 1.29 is 27.4 Å². The second kappa shape index (κ2) is 11.8. The molecule has 0 radical (unpaired) electrons. The van der Waals surface area contributed by atoms with E-state index in [1.807, 2.05) is 78.9 Å². The van der Waals surface area contributed by atoms with E-state index in [1.165, 1.54) is 28.9 Å². The SMILES string of the molecule is COc1ccc(CNc2nc(-c3ccccc3OCc3ccccc3)nn2-c2ccc(OC(F)(F)F)cc2)cc1. The van der Waals surface area contributed by atoms with Crippen molar-refractivity contribution in [3.63, 3.8) is 0 Å². The molecule has 40 heavy (non-hydrogen) atoms. The minimum absolute atomic E-state index is 0.330. The molecular formula is C30H25F3N4O3. The van der Waals surface area contributed by atoms with Crippen LogP contribution in [0.2, 0.25) is 0 Å². The Balaban J connectivity index is 1.45. The number of rotatable bonds is 10. The molecule has 0 saturated carbocycles. The number of methoxy groups -OCH3 is 1. The Morgan fingerprint density at radius 3 is 2.15 bits per heavy atom.